The van der Waals surface area contributed by atoms with Crippen LogP contribution in [-0.2, 0) is 15.5 Å². The summed E-state index contributed by atoms with van der Waals surface area (Å²) in [7, 11) is 1.53. The van der Waals surface area contributed by atoms with Gasteiger partial charge in [-0.05, 0) is 49.7 Å². The molecule has 2 aromatic rings. The van der Waals surface area contributed by atoms with E-state index in [1.54, 1.807) is 25.1 Å². The van der Waals surface area contributed by atoms with E-state index in [0.717, 1.165) is 18.6 Å². The summed E-state index contributed by atoms with van der Waals surface area (Å²) >= 11 is 0. The van der Waals surface area contributed by atoms with Gasteiger partial charge in [0.05, 0.1) is 7.11 Å². The fourth-order valence-electron chi connectivity index (χ4n) is 2.77. The Bertz CT molecular complexity index is 945. The van der Waals surface area contributed by atoms with Crippen molar-refractivity contribution in [2.24, 2.45) is 5.92 Å². The van der Waals surface area contributed by atoms with E-state index in [1.165, 1.54) is 32.2 Å². The number of halogens is 2. The molecule has 0 radical (unpaired) electrons. The maximum Gasteiger partial charge on any atom is 0.270 e. The molecule has 1 unspecified atom stereocenters. The van der Waals surface area contributed by atoms with Crippen LogP contribution in [0.3, 0.4) is 0 Å². The van der Waals surface area contributed by atoms with Gasteiger partial charge in [-0.1, -0.05) is 12.1 Å². The largest absolute Gasteiger partial charge is 0.496 e. The first-order valence-corrected chi connectivity index (χ1v) is 8.82. The van der Waals surface area contributed by atoms with Crippen LogP contribution < -0.4 is 15.4 Å². The highest BCUT2D eigenvalue weighted by atomic mass is 19.3. The third kappa shape index (κ3) is 5.60. The van der Waals surface area contributed by atoms with Crippen LogP contribution >= 0.6 is 0 Å². The van der Waals surface area contributed by atoms with Gasteiger partial charge in [0.15, 0.2) is 5.92 Å². The number of carbonyl (C=O) groups is 2. The highest BCUT2D eigenvalue weighted by Gasteiger charge is 2.30. The predicted octanol–water partition coefficient (Wildman–Crippen LogP) is 4.59. The van der Waals surface area contributed by atoms with Crippen molar-refractivity contribution in [3.05, 3.63) is 53.6 Å². The third-order valence-corrected chi connectivity index (χ3v) is 4.26. The summed E-state index contributed by atoms with van der Waals surface area (Å²) in [6, 6.07) is 10.2. The second-order valence-corrected chi connectivity index (χ2v) is 6.75. The van der Waals surface area contributed by atoms with Crippen molar-refractivity contribution in [2.45, 2.75) is 26.7 Å². The number of rotatable bonds is 7. The number of hydrogen-bond acceptors (Lipinski definition) is 4. The van der Waals surface area contributed by atoms with Gasteiger partial charge in [0, 0.05) is 31.0 Å². The number of nitrogens with one attached hydrogen (secondary N) is 3. The lowest BCUT2D eigenvalue weighted by molar-refractivity contribution is -0.126. The Morgan fingerprint density at radius 1 is 1.10 bits per heavy atom. The summed E-state index contributed by atoms with van der Waals surface area (Å²) < 4.78 is 32.2. The lowest BCUT2D eigenvalue weighted by Crippen LogP contribution is -2.38. The van der Waals surface area contributed by atoms with E-state index in [9.17, 15) is 18.4 Å². The number of alkyl halides is 2. The molecule has 0 fully saturated rings. The smallest absolute Gasteiger partial charge is 0.270 e. The van der Waals surface area contributed by atoms with Gasteiger partial charge in [0.2, 0.25) is 11.8 Å². The molecule has 156 valence electrons. The molecule has 0 aliphatic heterocycles. The van der Waals surface area contributed by atoms with Crippen LogP contribution in [0, 0.1) is 18.3 Å². The maximum atomic E-state index is 13.5. The van der Waals surface area contributed by atoms with Crippen molar-refractivity contribution < 1.29 is 24.5 Å². The zero-order chi connectivity index (χ0) is 21.8. The molecule has 0 saturated heterocycles. The van der Waals surface area contributed by atoms with E-state index in [2.05, 4.69) is 10.6 Å². The number of carbonyl (C=O) groups excluding carboxylic acids is 2. The summed E-state index contributed by atoms with van der Waals surface area (Å²) in [5.74, 6) is -5.31. The highest BCUT2D eigenvalue weighted by molar-refractivity contribution is 6.24. The standard InChI is InChI=1S/C21H23F2N3O3.H2/c1-12-10-16(8-9-17(12)29-4)26-20(28)18(13(2)24)19(27)25-15-7-5-6-14(11-15)21(3,22)23;/h5-11,18,24H,1-4H3,(H,25,27)(H,26,28);1H. The summed E-state index contributed by atoms with van der Waals surface area (Å²) in [5.41, 5.74) is 0.905. The van der Waals surface area contributed by atoms with Crippen molar-refractivity contribution in [3.8, 4) is 5.75 Å². The number of methoxy groups -OCH3 is 1. The predicted molar refractivity (Wildman–Crippen MR) is 110 cm³/mol. The first-order valence-electron chi connectivity index (χ1n) is 8.82. The van der Waals surface area contributed by atoms with Crippen molar-refractivity contribution in [2.75, 3.05) is 17.7 Å². The van der Waals surface area contributed by atoms with Crippen molar-refractivity contribution in [1.29, 1.82) is 5.41 Å². The average molecular weight is 405 g/mol. The van der Waals surface area contributed by atoms with Gasteiger partial charge in [-0.15, -0.1) is 0 Å². The van der Waals surface area contributed by atoms with E-state index in [-0.39, 0.29) is 18.4 Å². The highest BCUT2D eigenvalue weighted by Crippen LogP contribution is 2.29. The molecule has 0 bridgehead atoms. The molecule has 0 aliphatic rings. The zero-order valence-corrected chi connectivity index (χ0v) is 16.6. The molecule has 8 heteroatoms. The second kappa shape index (κ2) is 8.81. The van der Waals surface area contributed by atoms with Gasteiger partial charge in [-0.25, -0.2) is 8.78 Å². The minimum absolute atomic E-state index is 0. The van der Waals surface area contributed by atoms with Crippen molar-refractivity contribution in [3.63, 3.8) is 0 Å². The van der Waals surface area contributed by atoms with Crippen LogP contribution in [0.4, 0.5) is 20.2 Å². The number of amides is 2. The third-order valence-electron chi connectivity index (χ3n) is 4.26. The van der Waals surface area contributed by atoms with Gasteiger partial charge >= 0.3 is 0 Å². The molecule has 2 aromatic carbocycles. The van der Waals surface area contributed by atoms with Gasteiger partial charge < -0.3 is 20.8 Å². The van der Waals surface area contributed by atoms with Crippen LogP contribution in [0.5, 0.6) is 5.75 Å². The van der Waals surface area contributed by atoms with Crippen LogP contribution in [0.25, 0.3) is 0 Å². The zero-order valence-electron chi connectivity index (χ0n) is 16.6. The summed E-state index contributed by atoms with van der Waals surface area (Å²) in [6.45, 7) is 3.89. The molecule has 0 aromatic heterocycles. The number of hydrogen-bond donors (Lipinski definition) is 3. The first kappa shape index (κ1) is 22.0. The SMILES string of the molecule is COc1ccc(NC(=O)C(C(C)=N)C(=O)Nc2cccc(C(C)(F)F)c2)cc1C.[HH]. The summed E-state index contributed by atoms with van der Waals surface area (Å²) in [5, 5.41) is 12.9. The molecule has 2 rings (SSSR count). The number of ether oxygens (including phenoxy) is 1. The minimum atomic E-state index is -3.07. The van der Waals surface area contributed by atoms with Crippen molar-refractivity contribution >= 4 is 28.9 Å². The Morgan fingerprint density at radius 3 is 2.17 bits per heavy atom. The monoisotopic (exact) mass is 405 g/mol. The maximum absolute atomic E-state index is 13.5. The molecule has 0 aliphatic carbocycles. The van der Waals surface area contributed by atoms with E-state index in [0.29, 0.717) is 11.4 Å². The quantitative estimate of drug-likeness (QED) is 0.465. The normalized spacial score (nSPS) is 12.1. The first-order chi connectivity index (χ1) is 13.5. The molecule has 6 nitrogen and oxygen atoms in total. The number of anilines is 2. The molecule has 0 saturated carbocycles. The summed E-state index contributed by atoms with van der Waals surface area (Å²) in [6.07, 6.45) is 0. The van der Waals surface area contributed by atoms with Crippen LogP contribution in [0.15, 0.2) is 42.5 Å². The van der Waals surface area contributed by atoms with E-state index < -0.39 is 23.7 Å². The Kier molecular flexibility index (Phi) is 6.68. The van der Waals surface area contributed by atoms with Gasteiger partial charge in [-0.3, -0.25) is 9.59 Å². The van der Waals surface area contributed by atoms with E-state index in [4.69, 9.17) is 10.1 Å². The van der Waals surface area contributed by atoms with Gasteiger partial charge in [0.25, 0.3) is 5.92 Å². The van der Waals surface area contributed by atoms with Gasteiger partial charge in [-0.2, -0.15) is 0 Å². The van der Waals surface area contributed by atoms with Crippen LogP contribution in [0.2, 0.25) is 0 Å². The Balaban J connectivity index is 0.00000450. The van der Waals surface area contributed by atoms with Crippen LogP contribution in [-0.4, -0.2) is 24.6 Å². The van der Waals surface area contributed by atoms with E-state index in [1.807, 2.05) is 0 Å². The molecule has 1 atom stereocenters. The summed E-state index contributed by atoms with van der Waals surface area (Å²) in [4.78, 5) is 25.2. The van der Waals surface area contributed by atoms with E-state index >= 15 is 0 Å². The Hall–Kier alpha value is -3.29. The lowest BCUT2D eigenvalue weighted by Gasteiger charge is -2.17. The van der Waals surface area contributed by atoms with Gasteiger partial charge in [0.1, 0.15) is 5.75 Å². The molecule has 29 heavy (non-hydrogen) atoms. The average Bonchev–Trinajstić information content (AvgIpc) is 2.61. The topological polar surface area (TPSA) is 91.3 Å². The molecule has 0 spiro atoms. The fourth-order valence-corrected chi connectivity index (χ4v) is 2.77. The Labute approximate surface area is 169 Å². The lowest BCUT2D eigenvalue weighted by atomic mass is 10.0. The second-order valence-electron chi connectivity index (χ2n) is 6.75. The number of benzene rings is 2. The fraction of sp³-hybridized carbons (Fsp3) is 0.286. The molecular weight excluding hydrogens is 380 g/mol. The van der Waals surface area contributed by atoms with Crippen molar-refractivity contribution in [1.82, 2.24) is 0 Å². The van der Waals surface area contributed by atoms with Crippen LogP contribution in [0.1, 0.15) is 26.4 Å². The molecule has 3 N–H and O–H groups in total. The molecular formula is C21H25F2N3O3. The minimum Gasteiger partial charge on any atom is -0.496 e. The molecule has 0 heterocycles. The Morgan fingerprint density at radius 2 is 1.69 bits per heavy atom. The number of aryl methyl sites for hydroxylation is 1. The molecule has 2 amide bonds.